The highest BCUT2D eigenvalue weighted by Crippen LogP contribution is 2.26. The maximum atomic E-state index is 12.3. The van der Waals surface area contributed by atoms with Crippen LogP contribution in [0.2, 0.25) is 0 Å². The van der Waals surface area contributed by atoms with Crippen LogP contribution < -0.4 is 5.32 Å². The molecule has 0 radical (unpaired) electrons. The second-order valence-electron chi connectivity index (χ2n) is 6.24. The highest BCUT2D eigenvalue weighted by atomic mass is 16.5. The molecule has 0 spiro atoms. The van der Waals surface area contributed by atoms with Gasteiger partial charge in [-0.1, -0.05) is 18.2 Å². The first-order valence-electron chi connectivity index (χ1n) is 9.05. The molecule has 2 heterocycles. The fraction of sp³-hybridized carbons (Fsp3) is 0.250. The van der Waals surface area contributed by atoms with Gasteiger partial charge in [0.25, 0.3) is 5.91 Å². The zero-order chi connectivity index (χ0) is 18.6. The van der Waals surface area contributed by atoms with Gasteiger partial charge in [0.05, 0.1) is 16.6 Å². The van der Waals surface area contributed by atoms with Crippen molar-refractivity contribution in [2.24, 2.45) is 0 Å². The zero-order valence-electron chi connectivity index (χ0n) is 15.1. The van der Waals surface area contributed by atoms with Gasteiger partial charge in [-0.05, 0) is 37.6 Å². The second kappa shape index (κ2) is 7.59. The number of hydrogen-bond donors (Lipinski definition) is 3. The van der Waals surface area contributed by atoms with Gasteiger partial charge in [0.1, 0.15) is 5.69 Å². The number of para-hydroxylation sites is 1. The number of benzene rings is 2. The summed E-state index contributed by atoms with van der Waals surface area (Å²) in [5.41, 5.74) is 3.92. The van der Waals surface area contributed by atoms with E-state index < -0.39 is 0 Å². The molecule has 1 amide bonds. The number of hydrogen-bond acceptors (Lipinski definition) is 4. The highest BCUT2D eigenvalue weighted by Gasteiger charge is 2.13. The standard InChI is InChI=1S/C20H21N5O2/c1-2-27-11-5-10-21-20(26)13-8-9-16-17(12-13)23-19(22-16)18-14-6-3-4-7-15(14)24-25-18/h3-4,6-9,12H,2,5,10-11H2,1H3,(H,21,26)(H,22,23)(H,24,25). The van der Waals surface area contributed by atoms with Gasteiger partial charge in [0.15, 0.2) is 5.82 Å². The summed E-state index contributed by atoms with van der Waals surface area (Å²) in [7, 11) is 0. The molecule has 4 aromatic rings. The molecule has 0 fully saturated rings. The van der Waals surface area contributed by atoms with E-state index in [1.165, 1.54) is 0 Å². The first-order valence-corrected chi connectivity index (χ1v) is 9.05. The van der Waals surface area contributed by atoms with Crippen LogP contribution in [0.3, 0.4) is 0 Å². The lowest BCUT2D eigenvalue weighted by Crippen LogP contribution is -2.25. The van der Waals surface area contributed by atoms with Crippen LogP contribution in [-0.2, 0) is 4.74 Å². The third kappa shape index (κ3) is 3.54. The van der Waals surface area contributed by atoms with E-state index in [0.717, 1.165) is 34.1 Å². The largest absolute Gasteiger partial charge is 0.382 e. The van der Waals surface area contributed by atoms with E-state index in [2.05, 4.69) is 25.5 Å². The van der Waals surface area contributed by atoms with Crippen LogP contribution in [0, 0.1) is 0 Å². The molecule has 0 unspecified atom stereocenters. The Morgan fingerprint density at radius 1 is 1.19 bits per heavy atom. The van der Waals surface area contributed by atoms with E-state index in [9.17, 15) is 4.79 Å². The molecule has 7 nitrogen and oxygen atoms in total. The van der Waals surface area contributed by atoms with E-state index in [4.69, 9.17) is 4.74 Å². The Bertz CT molecular complexity index is 1080. The van der Waals surface area contributed by atoms with Gasteiger partial charge >= 0.3 is 0 Å². The van der Waals surface area contributed by atoms with Crippen molar-refractivity contribution in [3.05, 3.63) is 48.0 Å². The molecular weight excluding hydrogens is 342 g/mol. The van der Waals surface area contributed by atoms with Crippen molar-refractivity contribution >= 4 is 27.8 Å². The van der Waals surface area contributed by atoms with Gasteiger partial charge in [-0.3, -0.25) is 9.89 Å². The number of carbonyl (C=O) groups excluding carboxylic acids is 1. The normalized spacial score (nSPS) is 11.3. The molecule has 138 valence electrons. The van der Waals surface area contributed by atoms with Gasteiger partial charge in [-0.25, -0.2) is 4.98 Å². The average molecular weight is 363 g/mol. The summed E-state index contributed by atoms with van der Waals surface area (Å²) in [5.74, 6) is 0.575. The molecule has 0 aliphatic carbocycles. The first kappa shape index (κ1) is 17.2. The molecule has 0 atom stereocenters. The third-order valence-electron chi connectivity index (χ3n) is 4.39. The van der Waals surface area contributed by atoms with E-state index in [1.807, 2.05) is 43.3 Å². The van der Waals surface area contributed by atoms with Crippen molar-refractivity contribution in [1.82, 2.24) is 25.5 Å². The molecule has 4 rings (SSSR count). The van der Waals surface area contributed by atoms with Crippen LogP contribution >= 0.6 is 0 Å². The predicted octanol–water partition coefficient (Wildman–Crippen LogP) is 3.26. The van der Waals surface area contributed by atoms with Crippen LogP contribution in [0.25, 0.3) is 33.5 Å². The van der Waals surface area contributed by atoms with Crippen LogP contribution in [0.15, 0.2) is 42.5 Å². The Kier molecular flexibility index (Phi) is 4.84. The second-order valence-corrected chi connectivity index (χ2v) is 6.24. The maximum Gasteiger partial charge on any atom is 0.251 e. The van der Waals surface area contributed by atoms with Gasteiger partial charge in [-0.2, -0.15) is 5.10 Å². The summed E-state index contributed by atoms with van der Waals surface area (Å²) in [6.07, 6.45) is 0.794. The van der Waals surface area contributed by atoms with Gasteiger partial charge in [-0.15, -0.1) is 0 Å². The number of imidazole rings is 1. The maximum absolute atomic E-state index is 12.3. The summed E-state index contributed by atoms with van der Waals surface area (Å²) < 4.78 is 5.27. The number of ether oxygens (including phenoxy) is 1. The monoisotopic (exact) mass is 363 g/mol. The summed E-state index contributed by atoms with van der Waals surface area (Å²) >= 11 is 0. The quantitative estimate of drug-likeness (QED) is 0.439. The zero-order valence-corrected chi connectivity index (χ0v) is 15.1. The fourth-order valence-electron chi connectivity index (χ4n) is 3.03. The molecule has 2 aromatic heterocycles. The average Bonchev–Trinajstić information content (AvgIpc) is 3.30. The van der Waals surface area contributed by atoms with Crippen LogP contribution in [0.1, 0.15) is 23.7 Å². The fourth-order valence-corrected chi connectivity index (χ4v) is 3.03. The molecule has 2 aromatic carbocycles. The number of carbonyl (C=O) groups is 1. The number of amides is 1. The number of rotatable bonds is 7. The Morgan fingerprint density at radius 2 is 2.07 bits per heavy atom. The minimum Gasteiger partial charge on any atom is -0.382 e. The molecular formula is C20H21N5O2. The van der Waals surface area contributed by atoms with Crippen molar-refractivity contribution in [2.75, 3.05) is 19.8 Å². The van der Waals surface area contributed by atoms with E-state index in [0.29, 0.717) is 31.1 Å². The molecule has 3 N–H and O–H groups in total. The van der Waals surface area contributed by atoms with E-state index in [1.54, 1.807) is 6.07 Å². The van der Waals surface area contributed by atoms with Gasteiger partial charge in [0, 0.05) is 30.7 Å². The molecule has 27 heavy (non-hydrogen) atoms. The van der Waals surface area contributed by atoms with Crippen molar-refractivity contribution in [3.63, 3.8) is 0 Å². The predicted molar refractivity (Wildman–Crippen MR) is 105 cm³/mol. The first-order chi connectivity index (χ1) is 13.3. The topological polar surface area (TPSA) is 95.7 Å². The summed E-state index contributed by atoms with van der Waals surface area (Å²) in [6.45, 7) is 3.89. The van der Waals surface area contributed by atoms with Crippen LogP contribution in [-0.4, -0.2) is 45.8 Å². The molecule has 7 heteroatoms. The van der Waals surface area contributed by atoms with Crippen molar-refractivity contribution in [2.45, 2.75) is 13.3 Å². The summed E-state index contributed by atoms with van der Waals surface area (Å²) in [6, 6.07) is 13.4. The van der Waals surface area contributed by atoms with Crippen molar-refractivity contribution in [1.29, 1.82) is 0 Å². The number of fused-ring (bicyclic) bond motifs is 2. The lowest BCUT2D eigenvalue weighted by atomic mass is 10.2. The SMILES string of the molecule is CCOCCCNC(=O)c1ccc2nc(-c3n[nH]c4ccccc34)[nH]c2c1. The number of H-pyrrole nitrogens is 2. The van der Waals surface area contributed by atoms with Gasteiger partial charge in [0.2, 0.25) is 0 Å². The smallest absolute Gasteiger partial charge is 0.251 e. The summed E-state index contributed by atoms with van der Waals surface area (Å²) in [5, 5.41) is 11.3. The Hall–Kier alpha value is -3.19. The van der Waals surface area contributed by atoms with Crippen LogP contribution in [0.4, 0.5) is 0 Å². The van der Waals surface area contributed by atoms with Crippen molar-refractivity contribution < 1.29 is 9.53 Å². The number of nitrogens with zero attached hydrogens (tertiary/aromatic N) is 2. The summed E-state index contributed by atoms with van der Waals surface area (Å²) in [4.78, 5) is 20.2. The van der Waals surface area contributed by atoms with Gasteiger partial charge < -0.3 is 15.0 Å². The lowest BCUT2D eigenvalue weighted by molar-refractivity contribution is 0.0944. The number of aromatic amines is 2. The molecule has 0 bridgehead atoms. The Morgan fingerprint density at radius 3 is 2.96 bits per heavy atom. The minimum atomic E-state index is -0.102. The number of nitrogens with one attached hydrogen (secondary N) is 3. The molecule has 0 saturated heterocycles. The van der Waals surface area contributed by atoms with E-state index >= 15 is 0 Å². The lowest BCUT2D eigenvalue weighted by Gasteiger charge is -2.05. The van der Waals surface area contributed by atoms with Crippen molar-refractivity contribution in [3.8, 4) is 11.5 Å². The van der Waals surface area contributed by atoms with Crippen LogP contribution in [0.5, 0.6) is 0 Å². The Balaban J connectivity index is 1.54. The molecule has 0 aliphatic heterocycles. The number of aromatic nitrogens is 4. The highest BCUT2D eigenvalue weighted by molar-refractivity contribution is 5.98. The molecule has 0 aliphatic rings. The molecule has 0 saturated carbocycles. The van der Waals surface area contributed by atoms with E-state index in [-0.39, 0.29) is 5.91 Å². The third-order valence-corrected chi connectivity index (χ3v) is 4.39. The minimum absolute atomic E-state index is 0.102. The Labute approximate surface area is 156 Å².